The van der Waals surface area contributed by atoms with Gasteiger partial charge in [-0.05, 0) is 55.2 Å². The summed E-state index contributed by atoms with van der Waals surface area (Å²) in [6, 6.07) is 12.2. The standard InChI is InChI=1S/C21H21FN2O4S.Na/c22-14-5-8-16(9-6-14)29(27,28)23-15-7-10-20-18(13-15)17-3-1-2-4-19(17)24(20)12-11-21(25)26;/h1-6,8-9,15,23H,7,10-13H2,(H,25,26);/q;+1/p-1/t15-;/m1./s1. The molecule has 0 unspecified atom stereocenters. The topological polar surface area (TPSA) is 91.2 Å². The first-order valence-corrected chi connectivity index (χ1v) is 10.9. The fraction of sp³-hybridized carbons (Fsp3) is 0.286. The number of hydrogen-bond acceptors (Lipinski definition) is 4. The number of nitrogens with zero attached hydrogens (tertiary/aromatic N) is 1. The molecule has 1 aliphatic rings. The summed E-state index contributed by atoms with van der Waals surface area (Å²) in [6.45, 7) is 0.324. The smallest absolute Gasteiger partial charge is 0.550 e. The van der Waals surface area contributed by atoms with E-state index in [2.05, 4.69) is 4.72 Å². The number of aliphatic carboxylic acids is 1. The van der Waals surface area contributed by atoms with Crippen molar-refractivity contribution in [3.05, 3.63) is 65.6 Å². The maximum Gasteiger partial charge on any atom is 1.00 e. The van der Waals surface area contributed by atoms with E-state index in [1.54, 1.807) is 0 Å². The largest absolute Gasteiger partial charge is 1.00 e. The molecule has 0 aliphatic heterocycles. The van der Waals surface area contributed by atoms with Crippen LogP contribution in [0.4, 0.5) is 4.39 Å². The van der Waals surface area contributed by atoms with Crippen molar-refractivity contribution in [2.75, 3.05) is 0 Å². The van der Waals surface area contributed by atoms with Gasteiger partial charge in [0.25, 0.3) is 0 Å². The molecular formula is C21H20FN2NaO4S. The average molecular weight is 438 g/mol. The number of sulfonamides is 1. The number of hydrogen-bond donors (Lipinski definition) is 1. The number of benzene rings is 2. The van der Waals surface area contributed by atoms with Crippen molar-refractivity contribution < 1.29 is 52.3 Å². The quantitative estimate of drug-likeness (QED) is 0.488. The zero-order valence-electron chi connectivity index (χ0n) is 16.6. The molecule has 152 valence electrons. The maximum absolute atomic E-state index is 13.1. The van der Waals surface area contributed by atoms with Gasteiger partial charge < -0.3 is 14.5 Å². The minimum absolute atomic E-state index is 0. The zero-order chi connectivity index (χ0) is 20.6. The number of fused-ring (bicyclic) bond motifs is 3. The monoisotopic (exact) mass is 438 g/mol. The van der Waals surface area contributed by atoms with Gasteiger partial charge in [0.05, 0.1) is 4.90 Å². The minimum Gasteiger partial charge on any atom is -0.550 e. The van der Waals surface area contributed by atoms with Crippen LogP contribution >= 0.6 is 0 Å². The van der Waals surface area contributed by atoms with E-state index in [0.29, 0.717) is 25.8 Å². The molecule has 1 atom stereocenters. The zero-order valence-corrected chi connectivity index (χ0v) is 19.4. The fourth-order valence-electron chi connectivity index (χ4n) is 4.06. The van der Waals surface area contributed by atoms with Crippen LogP contribution in [0.15, 0.2) is 53.4 Å². The van der Waals surface area contributed by atoms with Crippen LogP contribution in [0.1, 0.15) is 24.1 Å². The third kappa shape index (κ3) is 4.63. The van der Waals surface area contributed by atoms with Crippen LogP contribution in [-0.2, 0) is 34.2 Å². The molecule has 4 rings (SSSR count). The number of aromatic nitrogens is 1. The van der Waals surface area contributed by atoms with Gasteiger partial charge in [0.1, 0.15) is 5.82 Å². The van der Waals surface area contributed by atoms with Gasteiger partial charge in [0.15, 0.2) is 0 Å². The summed E-state index contributed by atoms with van der Waals surface area (Å²) in [5.41, 5.74) is 3.03. The summed E-state index contributed by atoms with van der Waals surface area (Å²) in [5, 5.41) is 11.9. The second-order valence-electron chi connectivity index (χ2n) is 7.23. The summed E-state index contributed by atoms with van der Waals surface area (Å²) in [7, 11) is -3.76. The van der Waals surface area contributed by atoms with E-state index < -0.39 is 21.8 Å². The summed E-state index contributed by atoms with van der Waals surface area (Å²) in [6.07, 6.45) is 1.66. The van der Waals surface area contributed by atoms with Gasteiger partial charge >= 0.3 is 29.6 Å². The Morgan fingerprint density at radius 3 is 2.57 bits per heavy atom. The van der Waals surface area contributed by atoms with E-state index in [4.69, 9.17) is 0 Å². The first-order valence-electron chi connectivity index (χ1n) is 9.42. The van der Waals surface area contributed by atoms with Crippen LogP contribution in [0.5, 0.6) is 0 Å². The molecule has 6 nitrogen and oxygen atoms in total. The molecule has 0 spiro atoms. The number of carbonyl (C=O) groups is 1. The van der Waals surface area contributed by atoms with Gasteiger partial charge in [-0.25, -0.2) is 17.5 Å². The Morgan fingerprint density at radius 2 is 1.87 bits per heavy atom. The number of para-hydroxylation sites is 1. The number of carboxylic acid groups (broad SMARTS) is 1. The van der Waals surface area contributed by atoms with Crippen molar-refractivity contribution >= 4 is 26.9 Å². The van der Waals surface area contributed by atoms with Crippen LogP contribution in [0.2, 0.25) is 0 Å². The second-order valence-corrected chi connectivity index (χ2v) is 8.94. The Kier molecular flexibility index (Phi) is 7.04. The molecule has 0 fully saturated rings. The van der Waals surface area contributed by atoms with Crippen LogP contribution < -0.4 is 39.4 Å². The molecule has 1 N–H and O–H groups in total. The Hall–Kier alpha value is -1.71. The number of aryl methyl sites for hydroxylation is 1. The summed E-state index contributed by atoms with van der Waals surface area (Å²) in [4.78, 5) is 11.0. The van der Waals surface area contributed by atoms with Gasteiger partial charge in [-0.3, -0.25) is 0 Å². The fourth-order valence-corrected chi connectivity index (χ4v) is 5.33. The van der Waals surface area contributed by atoms with Crippen LogP contribution in [0, 0.1) is 5.82 Å². The number of rotatable bonds is 6. The van der Waals surface area contributed by atoms with Crippen LogP contribution in [0.3, 0.4) is 0 Å². The van der Waals surface area contributed by atoms with Gasteiger partial charge in [-0.2, -0.15) is 0 Å². The van der Waals surface area contributed by atoms with E-state index >= 15 is 0 Å². The van der Waals surface area contributed by atoms with Gasteiger partial charge in [0.2, 0.25) is 10.0 Å². The van der Waals surface area contributed by atoms with Crippen molar-refractivity contribution in [1.82, 2.24) is 9.29 Å². The molecule has 0 bridgehead atoms. The van der Waals surface area contributed by atoms with E-state index in [1.165, 1.54) is 12.1 Å². The molecule has 30 heavy (non-hydrogen) atoms. The molecule has 0 radical (unpaired) electrons. The van der Waals surface area contributed by atoms with Crippen molar-refractivity contribution in [1.29, 1.82) is 0 Å². The molecule has 0 saturated heterocycles. The summed E-state index contributed by atoms with van der Waals surface area (Å²) in [5.74, 6) is -1.59. The Labute approximate surface area is 196 Å². The van der Waals surface area contributed by atoms with Gasteiger partial charge in [-0.1, -0.05) is 18.2 Å². The Balaban J connectivity index is 0.00000256. The predicted octanol–water partition coefficient (Wildman–Crippen LogP) is -1.24. The summed E-state index contributed by atoms with van der Waals surface area (Å²) < 4.78 is 43.2. The minimum atomic E-state index is -3.76. The van der Waals surface area contributed by atoms with Gasteiger partial charge in [0, 0.05) is 41.6 Å². The first-order chi connectivity index (χ1) is 13.8. The molecule has 0 saturated carbocycles. The molecule has 1 aliphatic carbocycles. The summed E-state index contributed by atoms with van der Waals surface area (Å²) >= 11 is 0. The second kappa shape index (κ2) is 9.20. The molecule has 1 heterocycles. The van der Waals surface area contributed by atoms with E-state index in [1.807, 2.05) is 28.8 Å². The van der Waals surface area contributed by atoms with E-state index in [-0.39, 0.29) is 46.9 Å². The molecule has 1 aromatic heterocycles. The third-order valence-electron chi connectivity index (χ3n) is 5.36. The third-order valence-corrected chi connectivity index (χ3v) is 6.90. The normalized spacial score (nSPS) is 16.1. The number of nitrogens with one attached hydrogen (secondary N) is 1. The molecule has 3 aromatic rings. The predicted molar refractivity (Wildman–Crippen MR) is 104 cm³/mol. The first kappa shape index (κ1) is 23.0. The van der Waals surface area contributed by atoms with E-state index in [9.17, 15) is 22.7 Å². The number of carboxylic acids is 1. The SMILES string of the molecule is O=C([O-])CCn1c2c(c3ccccc31)C[C@H](NS(=O)(=O)c1ccc(F)cc1)CC2.[Na+]. The Bertz CT molecular complexity index is 1180. The van der Waals surface area contributed by atoms with E-state index in [0.717, 1.165) is 34.3 Å². The Morgan fingerprint density at radius 1 is 1.17 bits per heavy atom. The van der Waals surface area contributed by atoms with Gasteiger partial charge in [-0.15, -0.1) is 0 Å². The van der Waals surface area contributed by atoms with Crippen LogP contribution in [-0.4, -0.2) is 25.0 Å². The molecule has 9 heteroatoms. The van der Waals surface area contributed by atoms with Crippen LogP contribution in [0.25, 0.3) is 10.9 Å². The molecular weight excluding hydrogens is 418 g/mol. The number of halogens is 1. The van der Waals surface area contributed by atoms with Crippen molar-refractivity contribution in [3.63, 3.8) is 0 Å². The number of carbonyl (C=O) groups excluding carboxylic acids is 1. The average Bonchev–Trinajstić information content (AvgIpc) is 2.99. The van der Waals surface area contributed by atoms with Crippen molar-refractivity contribution in [2.24, 2.45) is 0 Å². The van der Waals surface area contributed by atoms with Crippen molar-refractivity contribution in [2.45, 2.75) is 43.2 Å². The molecule has 2 aromatic carbocycles. The maximum atomic E-state index is 13.1. The van der Waals surface area contributed by atoms with Crippen molar-refractivity contribution in [3.8, 4) is 0 Å². The molecule has 0 amide bonds.